The predicted molar refractivity (Wildman–Crippen MR) is 159 cm³/mol. The number of carbonyl (C=O) groups is 1. The van der Waals surface area contributed by atoms with Crippen LogP contribution in [0.2, 0.25) is 0 Å². The molecule has 6 nitrogen and oxygen atoms in total. The first kappa shape index (κ1) is 29.0. The molecule has 1 aromatic heterocycles. The number of rotatable bonds is 9. The number of hydrogen-bond acceptors (Lipinski definition) is 6. The van der Waals surface area contributed by atoms with Gasteiger partial charge in [0.1, 0.15) is 12.4 Å². The molecule has 4 rings (SSSR count). The summed E-state index contributed by atoms with van der Waals surface area (Å²) >= 11 is 6.91. The minimum Gasteiger partial charge on any atom is -0.487 e. The number of aromatic nitrogens is 1. The summed E-state index contributed by atoms with van der Waals surface area (Å²) in [4.78, 5) is 16.6. The highest BCUT2D eigenvalue weighted by Gasteiger charge is 2.30. The molecule has 0 unspecified atom stereocenters. The maximum atomic E-state index is 12.9. The van der Waals surface area contributed by atoms with Crippen molar-refractivity contribution in [1.29, 1.82) is 0 Å². The summed E-state index contributed by atoms with van der Waals surface area (Å²) in [6.45, 7) is 2.47. The molecule has 0 saturated heterocycles. The summed E-state index contributed by atoms with van der Waals surface area (Å²) in [6, 6.07) is 16.7. The molecule has 4 aromatic rings. The molecule has 0 radical (unpaired) electrons. The van der Waals surface area contributed by atoms with Crippen LogP contribution >= 0.6 is 49.9 Å². The normalized spacial score (nSPS) is 11.5. The molecule has 0 spiro atoms. The number of hydrazone groups is 1. The number of anilines is 2. The molecule has 0 aliphatic rings. The van der Waals surface area contributed by atoms with Gasteiger partial charge in [0.15, 0.2) is 5.13 Å². The van der Waals surface area contributed by atoms with Crippen molar-refractivity contribution in [2.24, 2.45) is 5.10 Å². The summed E-state index contributed by atoms with van der Waals surface area (Å²) in [5.41, 5.74) is 5.45. The van der Waals surface area contributed by atoms with Crippen LogP contribution in [0.25, 0.3) is 0 Å². The fourth-order valence-electron chi connectivity index (χ4n) is 3.36. The van der Waals surface area contributed by atoms with Gasteiger partial charge in [-0.15, -0.1) is 11.3 Å². The number of ether oxygens (including phenoxy) is 1. The third kappa shape index (κ3) is 8.51. The number of nitrogens with zero attached hydrogens (tertiary/aromatic N) is 2. The topological polar surface area (TPSA) is 75.6 Å². The van der Waals surface area contributed by atoms with Crippen molar-refractivity contribution in [2.45, 2.75) is 26.1 Å². The lowest BCUT2D eigenvalue weighted by Crippen LogP contribution is -2.20. The smallest absolute Gasteiger partial charge is 0.416 e. The van der Waals surface area contributed by atoms with Crippen LogP contribution in [0, 0.1) is 10.5 Å². The van der Waals surface area contributed by atoms with Gasteiger partial charge in [0.05, 0.1) is 31.9 Å². The van der Waals surface area contributed by atoms with Crippen molar-refractivity contribution in [1.82, 2.24) is 10.4 Å². The van der Waals surface area contributed by atoms with Crippen LogP contribution in [-0.4, -0.2) is 17.1 Å². The van der Waals surface area contributed by atoms with Gasteiger partial charge in [-0.05, 0) is 86.9 Å². The van der Waals surface area contributed by atoms with Gasteiger partial charge < -0.3 is 10.1 Å². The maximum Gasteiger partial charge on any atom is 0.416 e. The molecule has 0 fully saturated rings. The Morgan fingerprint density at radius 2 is 1.95 bits per heavy atom. The van der Waals surface area contributed by atoms with Crippen molar-refractivity contribution >= 4 is 72.8 Å². The van der Waals surface area contributed by atoms with Crippen molar-refractivity contribution in [3.63, 3.8) is 0 Å². The molecule has 12 heteroatoms. The van der Waals surface area contributed by atoms with E-state index < -0.39 is 11.7 Å². The molecule has 0 atom stereocenters. The van der Waals surface area contributed by atoms with Gasteiger partial charge in [-0.1, -0.05) is 35.9 Å². The largest absolute Gasteiger partial charge is 0.487 e. The summed E-state index contributed by atoms with van der Waals surface area (Å²) < 4.78 is 46.4. The van der Waals surface area contributed by atoms with E-state index in [0.29, 0.717) is 17.4 Å². The average molecular weight is 729 g/mol. The number of amides is 1. The average Bonchev–Trinajstić information content (AvgIpc) is 3.30. The Labute approximate surface area is 249 Å². The lowest BCUT2D eigenvalue weighted by atomic mass is 10.2. The third-order valence-corrected chi connectivity index (χ3v) is 7.46. The minimum absolute atomic E-state index is 0.0366. The summed E-state index contributed by atoms with van der Waals surface area (Å²) in [7, 11) is 0. The predicted octanol–water partition coefficient (Wildman–Crippen LogP) is 7.85. The molecule has 202 valence electrons. The quantitative estimate of drug-likeness (QED) is 0.105. The van der Waals surface area contributed by atoms with Crippen LogP contribution in [0.4, 0.5) is 24.0 Å². The van der Waals surface area contributed by atoms with Crippen molar-refractivity contribution < 1.29 is 22.7 Å². The van der Waals surface area contributed by atoms with E-state index in [2.05, 4.69) is 59.3 Å². The number of benzene rings is 3. The van der Waals surface area contributed by atoms with Crippen LogP contribution in [0.1, 0.15) is 27.9 Å². The Bertz CT molecular complexity index is 1470. The molecule has 0 aliphatic heterocycles. The lowest BCUT2D eigenvalue weighted by molar-refractivity contribution is -0.137. The van der Waals surface area contributed by atoms with Gasteiger partial charge in [0.25, 0.3) is 0 Å². The molecular formula is C27H21BrF3IN4O2S. The van der Waals surface area contributed by atoms with Gasteiger partial charge >= 0.3 is 6.18 Å². The van der Waals surface area contributed by atoms with Crippen LogP contribution in [-0.2, 0) is 24.0 Å². The number of nitrogens with one attached hydrogen (secondary N) is 2. The first-order chi connectivity index (χ1) is 18.6. The van der Waals surface area contributed by atoms with Crippen molar-refractivity contribution in [3.05, 3.63) is 102 Å². The zero-order valence-corrected chi connectivity index (χ0v) is 24.9. The number of aryl methyl sites for hydroxylation is 1. The summed E-state index contributed by atoms with van der Waals surface area (Å²) in [6.07, 6.45) is -2.95. The standard InChI is InChI=1S/C27H21BrF3IN4O2S/c1-16-5-7-17(8-6-16)14-38-25-22(28)9-18(10-23(25)32)13-33-36-24(37)12-21-15-39-26(35-21)34-20-4-2-3-19(11-20)27(29,30)31/h2-11,13,15H,12,14H2,1H3,(H,34,35)(H,36,37)/b33-13-. The molecule has 39 heavy (non-hydrogen) atoms. The fraction of sp³-hybridized carbons (Fsp3) is 0.148. The van der Waals surface area contributed by atoms with Gasteiger partial charge in [-0.25, -0.2) is 10.4 Å². The highest BCUT2D eigenvalue weighted by Crippen LogP contribution is 2.33. The van der Waals surface area contributed by atoms with E-state index in [-0.39, 0.29) is 18.0 Å². The van der Waals surface area contributed by atoms with E-state index in [1.165, 1.54) is 35.2 Å². The van der Waals surface area contributed by atoms with Gasteiger partial charge in [0.2, 0.25) is 5.91 Å². The first-order valence-electron chi connectivity index (χ1n) is 11.4. The van der Waals surface area contributed by atoms with Gasteiger partial charge in [-0.3, -0.25) is 4.79 Å². The van der Waals surface area contributed by atoms with Crippen molar-refractivity contribution in [3.8, 4) is 5.75 Å². The fourth-order valence-corrected chi connectivity index (χ4v) is 5.86. The Morgan fingerprint density at radius 1 is 1.18 bits per heavy atom. The molecule has 1 amide bonds. The molecule has 0 bridgehead atoms. The maximum absolute atomic E-state index is 12.9. The lowest BCUT2D eigenvalue weighted by Gasteiger charge is -2.11. The molecular weight excluding hydrogens is 708 g/mol. The van der Waals surface area contributed by atoms with E-state index in [1.54, 1.807) is 5.38 Å². The molecule has 2 N–H and O–H groups in total. The van der Waals surface area contributed by atoms with Crippen LogP contribution in [0.3, 0.4) is 0 Å². The highest BCUT2D eigenvalue weighted by molar-refractivity contribution is 14.1. The van der Waals surface area contributed by atoms with Gasteiger partial charge in [0, 0.05) is 11.1 Å². The zero-order chi connectivity index (χ0) is 28.0. The molecule has 3 aromatic carbocycles. The highest BCUT2D eigenvalue weighted by atomic mass is 127. The van der Waals surface area contributed by atoms with E-state index in [1.807, 2.05) is 43.3 Å². The minimum atomic E-state index is -4.43. The monoisotopic (exact) mass is 728 g/mol. The third-order valence-electron chi connectivity index (χ3n) is 5.26. The van der Waals surface area contributed by atoms with Crippen molar-refractivity contribution in [2.75, 3.05) is 5.32 Å². The number of alkyl halides is 3. The van der Waals surface area contributed by atoms with Crippen LogP contribution < -0.4 is 15.5 Å². The van der Waals surface area contributed by atoms with Crippen LogP contribution in [0.15, 0.2) is 75.6 Å². The molecule has 0 saturated carbocycles. The van der Waals surface area contributed by atoms with E-state index >= 15 is 0 Å². The Hall–Kier alpha value is -2.97. The SMILES string of the molecule is Cc1ccc(COc2c(Br)cc(/C=N\NC(=O)Cc3csc(Nc4cccc(C(F)(F)F)c4)n3)cc2I)cc1. The Kier molecular flexibility index (Phi) is 9.62. The summed E-state index contributed by atoms with van der Waals surface area (Å²) in [5.74, 6) is 0.337. The second kappa shape index (κ2) is 12.9. The number of hydrogen-bond donors (Lipinski definition) is 2. The Morgan fingerprint density at radius 3 is 2.67 bits per heavy atom. The number of carbonyl (C=O) groups excluding carboxylic acids is 1. The molecule has 0 aliphatic carbocycles. The van der Waals surface area contributed by atoms with E-state index in [4.69, 9.17) is 4.74 Å². The number of thiazole rings is 1. The molecule has 1 heterocycles. The number of halogens is 5. The van der Waals surface area contributed by atoms with E-state index in [0.717, 1.165) is 37.1 Å². The van der Waals surface area contributed by atoms with Gasteiger partial charge in [-0.2, -0.15) is 18.3 Å². The first-order valence-corrected chi connectivity index (χ1v) is 14.2. The van der Waals surface area contributed by atoms with Crippen LogP contribution in [0.5, 0.6) is 5.75 Å². The summed E-state index contributed by atoms with van der Waals surface area (Å²) in [5, 5.41) is 8.90. The second-order valence-electron chi connectivity index (χ2n) is 8.41. The van der Waals surface area contributed by atoms with E-state index in [9.17, 15) is 18.0 Å². The Balaban J connectivity index is 1.29. The second-order valence-corrected chi connectivity index (χ2v) is 11.3. The zero-order valence-electron chi connectivity index (χ0n) is 20.4.